The van der Waals surface area contributed by atoms with E-state index in [1.54, 1.807) is 53.3 Å². The Bertz CT molecular complexity index is 1630. The highest BCUT2D eigenvalue weighted by Gasteiger charge is 2.20. The molecule has 5 rings (SSSR count). The number of ether oxygens (including phenoxy) is 1. The number of rotatable bonds is 7. The summed E-state index contributed by atoms with van der Waals surface area (Å²) in [7, 11) is 0. The van der Waals surface area contributed by atoms with Crippen LogP contribution >= 0.6 is 34.5 Å². The number of esters is 1. The van der Waals surface area contributed by atoms with Crippen LogP contribution in [0.2, 0.25) is 10.0 Å². The Balaban J connectivity index is 1.24. The van der Waals surface area contributed by atoms with Crippen LogP contribution < -0.4 is 10.2 Å². The van der Waals surface area contributed by atoms with E-state index in [-0.39, 0.29) is 11.4 Å². The zero-order valence-electron chi connectivity index (χ0n) is 19.1. The summed E-state index contributed by atoms with van der Waals surface area (Å²) >= 11 is 13.6. The number of para-hydroxylation sites is 1. The van der Waals surface area contributed by atoms with Crippen LogP contribution in [-0.4, -0.2) is 27.9 Å². The fraction of sp³-hybridized carbons (Fsp3) is 0.0370. The van der Waals surface area contributed by atoms with E-state index in [9.17, 15) is 9.59 Å². The van der Waals surface area contributed by atoms with Crippen LogP contribution in [0, 0.1) is 0 Å². The number of nitrogens with zero attached hydrogens (tertiary/aromatic N) is 3. The molecule has 0 bridgehead atoms. The first-order valence-electron chi connectivity index (χ1n) is 11.1. The molecule has 3 aromatic carbocycles. The second-order valence-corrected chi connectivity index (χ2v) is 9.76. The average Bonchev–Trinajstić information content (AvgIpc) is 3.51. The predicted octanol–water partition coefficient (Wildman–Crippen LogP) is 6.44. The van der Waals surface area contributed by atoms with Crippen molar-refractivity contribution < 1.29 is 14.3 Å². The lowest BCUT2D eigenvalue weighted by Crippen LogP contribution is -2.19. The predicted molar refractivity (Wildman–Crippen MR) is 146 cm³/mol. The molecule has 10 heteroatoms. The molecule has 0 atom stereocenters. The lowest BCUT2D eigenvalue weighted by Gasteiger charge is -2.06. The standard InChI is InChI=1S/C27H18Cl2N4O3S/c28-19-11-9-17(10-12-19)16-33-14-13-21(32-33)26(34)31-30-15-18-5-1-3-7-22(18)36-27(35)25-24(29)20-6-2-4-8-23(20)37-25/h1-15H,16H2,(H,31,34). The number of aromatic nitrogens is 2. The molecule has 2 aromatic heterocycles. The minimum atomic E-state index is -0.567. The molecule has 0 unspecified atom stereocenters. The molecular formula is C27H18Cl2N4O3S. The van der Waals surface area contributed by atoms with Crippen LogP contribution in [0.4, 0.5) is 0 Å². The monoisotopic (exact) mass is 548 g/mol. The van der Waals surface area contributed by atoms with Gasteiger partial charge in [-0.15, -0.1) is 11.3 Å². The van der Waals surface area contributed by atoms with Crippen molar-refractivity contribution in [2.24, 2.45) is 5.10 Å². The summed E-state index contributed by atoms with van der Waals surface area (Å²) in [5, 5.41) is 10.1. The van der Waals surface area contributed by atoms with Gasteiger partial charge in [-0.25, -0.2) is 10.2 Å². The molecule has 37 heavy (non-hydrogen) atoms. The molecule has 0 aliphatic heterocycles. The molecule has 0 aliphatic rings. The van der Waals surface area contributed by atoms with Gasteiger partial charge in [-0.2, -0.15) is 10.2 Å². The molecular weight excluding hydrogens is 531 g/mol. The van der Waals surface area contributed by atoms with Crippen LogP contribution in [-0.2, 0) is 6.54 Å². The zero-order valence-corrected chi connectivity index (χ0v) is 21.4. The van der Waals surface area contributed by atoms with Crippen molar-refractivity contribution in [1.82, 2.24) is 15.2 Å². The van der Waals surface area contributed by atoms with Gasteiger partial charge in [0.15, 0.2) is 5.69 Å². The van der Waals surface area contributed by atoms with E-state index in [1.807, 2.05) is 36.4 Å². The van der Waals surface area contributed by atoms with E-state index in [0.717, 1.165) is 15.6 Å². The Kier molecular flexibility index (Phi) is 7.32. The minimum Gasteiger partial charge on any atom is -0.422 e. The van der Waals surface area contributed by atoms with Crippen molar-refractivity contribution in [2.75, 3.05) is 0 Å². The Labute approximate surface area is 225 Å². The quantitative estimate of drug-likeness (QED) is 0.110. The third kappa shape index (κ3) is 5.72. The summed E-state index contributed by atoms with van der Waals surface area (Å²) in [6.45, 7) is 0.496. The molecule has 0 fully saturated rings. The Morgan fingerprint density at radius 1 is 1.00 bits per heavy atom. The summed E-state index contributed by atoms with van der Waals surface area (Å²) in [5.41, 5.74) is 4.16. The second-order valence-electron chi connectivity index (χ2n) is 7.89. The SMILES string of the molecule is O=C(NN=Cc1ccccc1OC(=O)c1sc2ccccc2c1Cl)c1ccn(Cc2ccc(Cl)cc2)n1. The molecule has 5 aromatic rings. The third-order valence-corrected chi connectivity index (χ3v) is 7.25. The fourth-order valence-electron chi connectivity index (χ4n) is 3.54. The summed E-state index contributed by atoms with van der Waals surface area (Å²) in [5.74, 6) is -0.758. The van der Waals surface area contributed by atoms with Crippen molar-refractivity contribution in [3.05, 3.63) is 117 Å². The summed E-state index contributed by atoms with van der Waals surface area (Å²) in [4.78, 5) is 25.7. The zero-order chi connectivity index (χ0) is 25.8. The number of carbonyl (C=O) groups excluding carboxylic acids is 2. The van der Waals surface area contributed by atoms with E-state index in [4.69, 9.17) is 27.9 Å². The van der Waals surface area contributed by atoms with Gasteiger partial charge in [0.2, 0.25) is 0 Å². The van der Waals surface area contributed by atoms with Gasteiger partial charge < -0.3 is 4.74 Å². The highest BCUT2D eigenvalue weighted by molar-refractivity contribution is 7.21. The van der Waals surface area contributed by atoms with Gasteiger partial charge in [0.25, 0.3) is 5.91 Å². The molecule has 184 valence electrons. The van der Waals surface area contributed by atoms with Crippen LogP contribution in [0.1, 0.15) is 31.3 Å². The van der Waals surface area contributed by atoms with Gasteiger partial charge in [-0.3, -0.25) is 9.48 Å². The third-order valence-electron chi connectivity index (χ3n) is 5.34. The van der Waals surface area contributed by atoms with E-state index < -0.39 is 11.9 Å². The Morgan fingerprint density at radius 3 is 2.57 bits per heavy atom. The molecule has 0 aliphatic carbocycles. The summed E-state index contributed by atoms with van der Waals surface area (Å²) in [6.07, 6.45) is 3.11. The molecule has 0 radical (unpaired) electrons. The van der Waals surface area contributed by atoms with Crippen molar-refractivity contribution in [3.8, 4) is 5.75 Å². The maximum Gasteiger partial charge on any atom is 0.355 e. The van der Waals surface area contributed by atoms with Crippen molar-refractivity contribution in [1.29, 1.82) is 0 Å². The maximum absolute atomic E-state index is 12.8. The van der Waals surface area contributed by atoms with Crippen molar-refractivity contribution in [3.63, 3.8) is 0 Å². The number of hydrogen-bond acceptors (Lipinski definition) is 6. The lowest BCUT2D eigenvalue weighted by molar-refractivity contribution is 0.0739. The fourth-order valence-corrected chi connectivity index (χ4v) is 5.05. The van der Waals surface area contributed by atoms with Gasteiger partial charge >= 0.3 is 5.97 Å². The molecule has 0 saturated carbocycles. The molecule has 0 spiro atoms. The van der Waals surface area contributed by atoms with Crippen molar-refractivity contribution in [2.45, 2.75) is 6.54 Å². The largest absolute Gasteiger partial charge is 0.422 e. The van der Waals surface area contributed by atoms with Crippen LogP contribution in [0.3, 0.4) is 0 Å². The number of halogens is 2. The number of fused-ring (bicyclic) bond motifs is 1. The van der Waals surface area contributed by atoms with E-state index in [1.165, 1.54) is 17.6 Å². The van der Waals surface area contributed by atoms with Crippen LogP contribution in [0.5, 0.6) is 5.75 Å². The van der Waals surface area contributed by atoms with E-state index in [0.29, 0.717) is 27.0 Å². The first-order valence-corrected chi connectivity index (χ1v) is 12.6. The van der Waals surface area contributed by atoms with Gasteiger partial charge in [-0.1, -0.05) is 65.7 Å². The smallest absolute Gasteiger partial charge is 0.355 e. The molecule has 1 N–H and O–H groups in total. The first kappa shape index (κ1) is 24.7. The number of carbonyl (C=O) groups is 2. The van der Waals surface area contributed by atoms with Crippen LogP contribution in [0.25, 0.3) is 10.1 Å². The summed E-state index contributed by atoms with van der Waals surface area (Å²) in [6, 6.07) is 23.3. The molecule has 0 saturated heterocycles. The van der Waals surface area contributed by atoms with Gasteiger partial charge in [0.05, 0.1) is 17.8 Å². The first-order chi connectivity index (χ1) is 18.0. The normalized spacial score (nSPS) is 11.2. The average molecular weight is 549 g/mol. The van der Waals surface area contributed by atoms with Crippen LogP contribution in [0.15, 0.2) is 90.2 Å². The number of benzene rings is 3. The number of hydrazone groups is 1. The summed E-state index contributed by atoms with van der Waals surface area (Å²) < 4.78 is 8.16. The van der Waals surface area contributed by atoms with E-state index in [2.05, 4.69) is 15.6 Å². The van der Waals surface area contributed by atoms with E-state index >= 15 is 0 Å². The molecule has 1 amide bonds. The second kappa shape index (κ2) is 11.0. The van der Waals surface area contributed by atoms with Gasteiger partial charge in [0, 0.05) is 26.9 Å². The number of thiophene rings is 1. The number of nitrogens with one attached hydrogen (secondary N) is 1. The molecule has 7 nitrogen and oxygen atoms in total. The molecule has 2 heterocycles. The minimum absolute atomic E-state index is 0.213. The van der Waals surface area contributed by atoms with Gasteiger partial charge in [0.1, 0.15) is 10.6 Å². The maximum atomic E-state index is 12.8. The Morgan fingerprint density at radius 2 is 1.76 bits per heavy atom. The van der Waals surface area contributed by atoms with Crippen molar-refractivity contribution >= 4 is 62.7 Å². The highest BCUT2D eigenvalue weighted by Crippen LogP contribution is 2.36. The topological polar surface area (TPSA) is 85.6 Å². The number of hydrogen-bond donors (Lipinski definition) is 1. The lowest BCUT2D eigenvalue weighted by atomic mass is 10.2. The Hall–Kier alpha value is -3.98. The number of amides is 1. The highest BCUT2D eigenvalue weighted by atomic mass is 35.5. The van der Waals surface area contributed by atoms with Gasteiger partial charge in [-0.05, 0) is 42.0 Å².